The molecule has 0 heterocycles. The molecule has 17 heavy (non-hydrogen) atoms. The lowest BCUT2D eigenvalue weighted by molar-refractivity contribution is -0.0526. The van der Waals surface area contributed by atoms with Gasteiger partial charge >= 0.3 is 15.6 Å². The van der Waals surface area contributed by atoms with Crippen LogP contribution in [-0.4, -0.2) is 13.9 Å². The van der Waals surface area contributed by atoms with Crippen LogP contribution in [0.5, 0.6) is 0 Å². The Bertz CT molecular complexity index is 714. The van der Waals surface area contributed by atoms with Crippen LogP contribution in [0.3, 0.4) is 0 Å². The largest absolute Gasteiger partial charge is 0.534 e. The van der Waals surface area contributed by atoms with E-state index < -0.39 is 52.8 Å². The number of nitrogens with zero attached hydrogens (tertiary/aromatic N) is 1. The van der Waals surface area contributed by atoms with Crippen LogP contribution in [0.1, 0.15) is 36.5 Å². The summed E-state index contributed by atoms with van der Waals surface area (Å²) in [5.74, 6) is -4.47. The van der Waals surface area contributed by atoms with Crippen LogP contribution in [0.15, 0.2) is 12.0 Å². The third-order valence-corrected chi connectivity index (χ3v) is 2.44. The summed E-state index contributed by atoms with van der Waals surface area (Å²) >= 11 is 0. The van der Waals surface area contributed by atoms with E-state index in [1.54, 1.807) is 0 Å². The Labute approximate surface area is 108 Å². The lowest BCUT2D eigenvalue weighted by Gasteiger charge is -2.16. The molecule has 1 aliphatic rings. The Balaban J connectivity index is 3.64. The molecule has 0 amide bonds. The van der Waals surface area contributed by atoms with Gasteiger partial charge in [0.2, 0.25) is 0 Å². The van der Waals surface area contributed by atoms with Gasteiger partial charge in [-0.1, -0.05) is 12.7 Å². The number of alkyl halides is 3. The highest BCUT2D eigenvalue weighted by molar-refractivity contribution is 7.87. The monoisotopic (exact) mass is 277 g/mol. The standard InChI is InChI=1S/C9H10F3NO3S/c1-13-6-8(7-4-2-3-5-7)16-17(14,15)9(10,11)12/h6-7H,2-5H2/b8-6+/i2D2,3D2,4D2,5D2. The lowest BCUT2D eigenvalue weighted by atomic mass is 10.1. The summed E-state index contributed by atoms with van der Waals surface area (Å²) in [7, 11) is -6.42. The zero-order valence-electron chi connectivity index (χ0n) is 15.9. The average molecular weight is 277 g/mol. The average Bonchev–Trinajstić information content (AvgIpc) is 2.41. The molecule has 0 aromatic rings. The van der Waals surface area contributed by atoms with Crippen LogP contribution in [0.2, 0.25) is 0 Å². The van der Waals surface area contributed by atoms with Crippen molar-refractivity contribution in [2.24, 2.45) is 5.92 Å². The van der Waals surface area contributed by atoms with Crippen molar-refractivity contribution in [2.75, 3.05) is 0 Å². The maximum Gasteiger partial charge on any atom is 0.534 e. The molecule has 0 saturated heterocycles. The number of halogens is 3. The van der Waals surface area contributed by atoms with Crippen molar-refractivity contribution in [1.29, 1.82) is 0 Å². The van der Waals surface area contributed by atoms with Gasteiger partial charge in [-0.05, 0) is 12.7 Å². The molecule has 0 unspecified atom stereocenters. The lowest BCUT2D eigenvalue weighted by Crippen LogP contribution is -2.26. The fourth-order valence-electron chi connectivity index (χ4n) is 0.777. The van der Waals surface area contributed by atoms with Gasteiger partial charge in [0, 0.05) is 16.9 Å². The molecule has 0 N–H and O–H groups in total. The molecule has 0 aliphatic heterocycles. The number of rotatable bonds is 3. The van der Waals surface area contributed by atoms with Gasteiger partial charge in [-0.3, -0.25) is 0 Å². The highest BCUT2D eigenvalue weighted by atomic mass is 32.2. The second-order valence-corrected chi connectivity index (χ2v) is 4.15. The Morgan fingerprint density at radius 2 is 2.00 bits per heavy atom. The molecule has 1 aliphatic carbocycles. The molecule has 96 valence electrons. The van der Waals surface area contributed by atoms with E-state index in [2.05, 4.69) is 9.03 Å². The van der Waals surface area contributed by atoms with Crippen molar-refractivity contribution in [3.05, 3.63) is 23.4 Å². The summed E-state index contributed by atoms with van der Waals surface area (Å²) < 4.78 is 124. The highest BCUT2D eigenvalue weighted by Gasteiger charge is 2.49. The minimum Gasteiger partial charge on any atom is -0.393 e. The Morgan fingerprint density at radius 1 is 1.47 bits per heavy atom. The summed E-state index contributed by atoms with van der Waals surface area (Å²) in [6.45, 7) is 6.58. The molecule has 4 nitrogen and oxygen atoms in total. The molecule has 0 atom stereocenters. The Kier molecular flexibility index (Phi) is 1.78. The van der Waals surface area contributed by atoms with Crippen molar-refractivity contribution in [1.82, 2.24) is 0 Å². The van der Waals surface area contributed by atoms with Crippen LogP contribution >= 0.6 is 0 Å². The van der Waals surface area contributed by atoms with Crippen molar-refractivity contribution in [3.63, 3.8) is 0 Å². The summed E-state index contributed by atoms with van der Waals surface area (Å²) in [4.78, 5) is 2.43. The van der Waals surface area contributed by atoms with Gasteiger partial charge in [0.25, 0.3) is 0 Å². The van der Waals surface area contributed by atoms with E-state index in [0.717, 1.165) is 0 Å². The van der Waals surface area contributed by atoms with Crippen molar-refractivity contribution < 1.29 is 36.7 Å². The van der Waals surface area contributed by atoms with Crippen molar-refractivity contribution in [2.45, 2.75) is 31.0 Å². The SMILES string of the molecule is [2H]C1([2H])C(/C(=C\[N+]#[C-])OS(=O)(=O)C(F)(F)F)C([2H])([2H])C([2H])([2H])C1([2H])[2H]. The minimum absolute atomic E-state index is 0.0545. The number of hydrogen-bond acceptors (Lipinski definition) is 3. The first-order valence-corrected chi connectivity index (χ1v) is 5.27. The third kappa shape index (κ3) is 3.36. The second-order valence-electron chi connectivity index (χ2n) is 2.62. The Hall–Kier alpha value is -1.23. The number of hydrogen-bond donors (Lipinski definition) is 0. The first kappa shape index (κ1) is 6.09. The molecule has 0 aromatic heterocycles. The summed E-state index contributed by atoms with van der Waals surface area (Å²) in [5, 5.41) is 0. The molecule has 0 aromatic carbocycles. The Morgan fingerprint density at radius 3 is 2.41 bits per heavy atom. The van der Waals surface area contributed by atoms with Gasteiger partial charge in [0.15, 0.2) is 6.20 Å². The van der Waals surface area contributed by atoms with Crippen LogP contribution in [0.25, 0.3) is 4.85 Å². The van der Waals surface area contributed by atoms with Gasteiger partial charge in [0.1, 0.15) is 5.76 Å². The maximum atomic E-state index is 12.5. The molecular weight excluding hydrogens is 259 g/mol. The van der Waals surface area contributed by atoms with E-state index >= 15 is 0 Å². The van der Waals surface area contributed by atoms with Crippen LogP contribution in [-0.2, 0) is 14.3 Å². The van der Waals surface area contributed by atoms with Gasteiger partial charge in [-0.25, -0.2) is 4.85 Å². The van der Waals surface area contributed by atoms with Gasteiger partial charge in [0.05, 0.1) is 6.57 Å². The quantitative estimate of drug-likeness (QED) is 0.345. The van der Waals surface area contributed by atoms with Crippen LogP contribution in [0.4, 0.5) is 13.2 Å². The molecule has 1 rings (SSSR count). The third-order valence-electron chi connectivity index (χ3n) is 1.46. The summed E-state index contributed by atoms with van der Waals surface area (Å²) in [5.41, 5.74) is -5.98. The molecular formula is C9H10F3NO3S. The van der Waals surface area contributed by atoms with Crippen molar-refractivity contribution >= 4 is 10.1 Å². The molecule has 1 saturated carbocycles. The van der Waals surface area contributed by atoms with E-state index in [-0.39, 0.29) is 6.20 Å². The fourth-order valence-corrected chi connectivity index (χ4v) is 1.26. The van der Waals surface area contributed by atoms with Gasteiger partial charge in [-0.15, -0.1) is 0 Å². The van der Waals surface area contributed by atoms with E-state index in [4.69, 9.17) is 17.5 Å². The summed E-state index contributed by atoms with van der Waals surface area (Å²) in [6.07, 6.45) is -14.3. The first-order valence-electron chi connectivity index (χ1n) is 7.86. The molecule has 0 bridgehead atoms. The molecule has 1 fully saturated rings. The van der Waals surface area contributed by atoms with Gasteiger partial charge < -0.3 is 4.18 Å². The zero-order chi connectivity index (χ0) is 20.3. The van der Waals surface area contributed by atoms with E-state index in [1.807, 2.05) is 0 Å². The smallest absolute Gasteiger partial charge is 0.393 e. The van der Waals surface area contributed by atoms with E-state index in [0.29, 0.717) is 0 Å². The number of allylic oxidation sites excluding steroid dienone is 1. The summed E-state index contributed by atoms with van der Waals surface area (Å²) in [6, 6.07) is 0. The molecule has 8 heteroatoms. The topological polar surface area (TPSA) is 47.7 Å². The predicted octanol–water partition coefficient (Wildman–Crippen LogP) is 2.80. The first-order chi connectivity index (χ1) is 10.8. The highest BCUT2D eigenvalue weighted by Crippen LogP contribution is 2.35. The van der Waals surface area contributed by atoms with E-state index in [1.165, 1.54) is 0 Å². The van der Waals surface area contributed by atoms with Gasteiger partial charge in [-0.2, -0.15) is 21.6 Å². The maximum absolute atomic E-state index is 12.5. The molecule has 0 radical (unpaired) electrons. The predicted molar refractivity (Wildman–Crippen MR) is 52.7 cm³/mol. The van der Waals surface area contributed by atoms with Crippen LogP contribution < -0.4 is 0 Å². The normalized spacial score (nSPS) is 37.9. The zero-order valence-corrected chi connectivity index (χ0v) is 8.69. The van der Waals surface area contributed by atoms with Crippen molar-refractivity contribution in [3.8, 4) is 0 Å². The molecule has 0 spiro atoms. The minimum atomic E-state index is -6.42. The second kappa shape index (κ2) is 4.96. The fraction of sp³-hybridized carbons (Fsp3) is 0.667. The van der Waals surface area contributed by atoms with E-state index in [9.17, 15) is 21.6 Å². The van der Waals surface area contributed by atoms with Crippen LogP contribution in [0, 0.1) is 12.5 Å².